The van der Waals surface area contributed by atoms with E-state index in [1.807, 2.05) is 6.20 Å². The van der Waals surface area contributed by atoms with Crippen LogP contribution in [-0.2, 0) is 6.54 Å². The largest absolute Gasteiger partial charge is 0.371 e. The van der Waals surface area contributed by atoms with E-state index in [-0.39, 0.29) is 6.04 Å². The van der Waals surface area contributed by atoms with E-state index >= 15 is 0 Å². The minimum Gasteiger partial charge on any atom is -0.371 e. The zero-order chi connectivity index (χ0) is 18.2. The lowest BCUT2D eigenvalue weighted by atomic mass is 10.0. The Morgan fingerprint density at radius 3 is 2.56 bits per heavy atom. The molecule has 2 aliphatic heterocycles. The van der Waals surface area contributed by atoms with Crippen LogP contribution >= 0.6 is 0 Å². The molecule has 5 nitrogen and oxygen atoms in total. The molecule has 1 atom stereocenters. The predicted octanol–water partition coefficient (Wildman–Crippen LogP) is 3.20. The molecular formula is C22H25N5. The smallest absolute Gasteiger partial charge is 0.136 e. The number of imidazole rings is 1. The third-order valence-electron chi connectivity index (χ3n) is 5.76. The van der Waals surface area contributed by atoms with Crippen molar-refractivity contribution in [2.45, 2.75) is 12.6 Å². The van der Waals surface area contributed by atoms with Gasteiger partial charge in [-0.2, -0.15) is 0 Å². The zero-order valence-corrected chi connectivity index (χ0v) is 15.7. The summed E-state index contributed by atoms with van der Waals surface area (Å²) in [5.74, 6) is 1.07. The molecule has 3 heterocycles. The van der Waals surface area contributed by atoms with Crippen LogP contribution in [0.5, 0.6) is 0 Å². The number of fused-ring (bicyclic) bond motifs is 2. The quantitative estimate of drug-likeness (QED) is 0.762. The van der Waals surface area contributed by atoms with Crippen LogP contribution in [0.3, 0.4) is 0 Å². The molecule has 5 heteroatoms. The first kappa shape index (κ1) is 16.4. The molecule has 0 bridgehead atoms. The van der Waals surface area contributed by atoms with E-state index in [2.05, 4.69) is 86.4 Å². The van der Waals surface area contributed by atoms with Crippen molar-refractivity contribution in [1.82, 2.24) is 14.5 Å². The summed E-state index contributed by atoms with van der Waals surface area (Å²) in [7, 11) is 2.19. The number of nitrogens with zero attached hydrogens (tertiary/aromatic N) is 4. The maximum Gasteiger partial charge on any atom is 0.136 e. The highest BCUT2D eigenvalue weighted by Gasteiger charge is 2.24. The number of nitrogens with one attached hydrogen (secondary N) is 1. The number of hydrogen-bond acceptors (Lipinski definition) is 4. The number of anilines is 2. The number of aromatic nitrogens is 2. The van der Waals surface area contributed by atoms with Crippen LogP contribution in [0, 0.1) is 0 Å². The fraction of sp³-hybridized carbons (Fsp3) is 0.318. The molecule has 0 amide bonds. The average molecular weight is 359 g/mol. The number of rotatable bonds is 2. The Morgan fingerprint density at radius 1 is 0.963 bits per heavy atom. The van der Waals surface area contributed by atoms with Gasteiger partial charge in [0.25, 0.3) is 0 Å². The molecule has 0 aliphatic carbocycles. The van der Waals surface area contributed by atoms with Gasteiger partial charge in [0.05, 0.1) is 6.54 Å². The summed E-state index contributed by atoms with van der Waals surface area (Å²) >= 11 is 0. The normalized spacial score (nSPS) is 19.7. The van der Waals surface area contributed by atoms with Gasteiger partial charge in [-0.1, -0.05) is 30.3 Å². The van der Waals surface area contributed by atoms with E-state index in [4.69, 9.17) is 0 Å². The van der Waals surface area contributed by atoms with Gasteiger partial charge in [-0.25, -0.2) is 4.98 Å². The molecule has 2 aliphatic rings. The molecule has 138 valence electrons. The van der Waals surface area contributed by atoms with Crippen LogP contribution < -0.4 is 10.2 Å². The summed E-state index contributed by atoms with van der Waals surface area (Å²) in [5, 5.41) is 3.72. The summed E-state index contributed by atoms with van der Waals surface area (Å²) in [6.07, 6.45) is 3.97. The van der Waals surface area contributed by atoms with Crippen molar-refractivity contribution in [3.63, 3.8) is 0 Å². The van der Waals surface area contributed by atoms with Crippen molar-refractivity contribution in [3.8, 4) is 0 Å². The van der Waals surface area contributed by atoms with Crippen molar-refractivity contribution < 1.29 is 0 Å². The lowest BCUT2D eigenvalue weighted by Crippen LogP contribution is -2.44. The van der Waals surface area contributed by atoms with E-state index in [9.17, 15) is 0 Å². The van der Waals surface area contributed by atoms with Crippen molar-refractivity contribution in [2.75, 3.05) is 43.4 Å². The van der Waals surface area contributed by atoms with Gasteiger partial charge in [-0.05, 0) is 36.4 Å². The lowest BCUT2D eigenvalue weighted by Gasteiger charge is -2.34. The Hall–Kier alpha value is -2.79. The maximum absolute atomic E-state index is 4.66. The lowest BCUT2D eigenvalue weighted by molar-refractivity contribution is 0.313. The van der Waals surface area contributed by atoms with Crippen LogP contribution in [0.2, 0.25) is 0 Å². The first-order chi connectivity index (χ1) is 13.3. The van der Waals surface area contributed by atoms with Gasteiger partial charge in [-0.3, -0.25) is 0 Å². The van der Waals surface area contributed by atoms with Crippen LogP contribution in [0.1, 0.15) is 23.0 Å². The number of benzene rings is 2. The Morgan fingerprint density at radius 2 is 1.74 bits per heavy atom. The number of likely N-dealkylation sites (N-methyl/N-ethyl adjacent to an activating group) is 1. The highest BCUT2D eigenvalue weighted by molar-refractivity contribution is 5.57. The number of hydrogen-bond donors (Lipinski definition) is 1. The van der Waals surface area contributed by atoms with E-state index in [0.29, 0.717) is 0 Å². The van der Waals surface area contributed by atoms with Gasteiger partial charge in [-0.15, -0.1) is 0 Å². The van der Waals surface area contributed by atoms with Gasteiger partial charge in [0.1, 0.15) is 11.9 Å². The minimum absolute atomic E-state index is 0.0604. The van der Waals surface area contributed by atoms with Crippen molar-refractivity contribution in [1.29, 1.82) is 0 Å². The van der Waals surface area contributed by atoms with E-state index in [1.165, 1.54) is 22.5 Å². The fourth-order valence-corrected chi connectivity index (χ4v) is 4.09. The van der Waals surface area contributed by atoms with Crippen LogP contribution in [0.4, 0.5) is 11.4 Å². The first-order valence-electron chi connectivity index (χ1n) is 9.67. The molecule has 27 heavy (non-hydrogen) atoms. The molecule has 0 radical (unpaired) electrons. The molecule has 3 aromatic rings. The average Bonchev–Trinajstić information content (AvgIpc) is 3.10. The topological polar surface area (TPSA) is 36.3 Å². The standard InChI is InChI=1S/C22H25N5/c1-25-12-14-26(15-13-25)19-8-6-17(7-9-19)21-22-23-10-11-27(22)16-18-4-2-3-5-20(18)24-21/h2-11,21,24H,12-16H2,1H3. The van der Waals surface area contributed by atoms with Gasteiger partial charge < -0.3 is 19.7 Å². The molecule has 2 aromatic carbocycles. The predicted molar refractivity (Wildman–Crippen MR) is 109 cm³/mol. The maximum atomic E-state index is 4.66. The molecule has 0 spiro atoms. The third kappa shape index (κ3) is 3.08. The van der Waals surface area contributed by atoms with E-state index < -0.39 is 0 Å². The molecule has 0 saturated carbocycles. The van der Waals surface area contributed by atoms with Crippen LogP contribution in [0.15, 0.2) is 60.9 Å². The second-order valence-electron chi connectivity index (χ2n) is 7.53. The Bertz CT molecular complexity index is 922. The molecule has 1 aromatic heterocycles. The molecule has 1 saturated heterocycles. The molecule has 5 rings (SSSR count). The summed E-state index contributed by atoms with van der Waals surface area (Å²) in [6.45, 7) is 5.29. The Balaban J connectivity index is 1.45. The van der Waals surface area contributed by atoms with Crippen LogP contribution in [0.25, 0.3) is 0 Å². The second kappa shape index (κ2) is 6.74. The van der Waals surface area contributed by atoms with Crippen molar-refractivity contribution in [2.24, 2.45) is 0 Å². The van der Waals surface area contributed by atoms with Gasteiger partial charge in [0, 0.05) is 49.9 Å². The highest BCUT2D eigenvalue weighted by Crippen LogP contribution is 2.32. The molecular weight excluding hydrogens is 334 g/mol. The fourth-order valence-electron chi connectivity index (χ4n) is 4.09. The molecule has 1 N–H and O–H groups in total. The van der Waals surface area contributed by atoms with E-state index in [1.54, 1.807) is 0 Å². The highest BCUT2D eigenvalue weighted by atomic mass is 15.2. The monoisotopic (exact) mass is 359 g/mol. The van der Waals surface area contributed by atoms with Gasteiger partial charge >= 0.3 is 0 Å². The first-order valence-corrected chi connectivity index (χ1v) is 9.67. The Labute approximate surface area is 160 Å². The summed E-state index contributed by atoms with van der Waals surface area (Å²) in [6, 6.07) is 17.6. The SMILES string of the molecule is CN1CCN(c2ccc(C3Nc4ccccc4Cn4ccnc43)cc2)CC1. The minimum atomic E-state index is 0.0604. The van der Waals surface area contributed by atoms with E-state index in [0.717, 1.165) is 38.5 Å². The van der Waals surface area contributed by atoms with Crippen molar-refractivity contribution in [3.05, 3.63) is 77.9 Å². The van der Waals surface area contributed by atoms with Crippen LogP contribution in [-0.4, -0.2) is 47.7 Å². The van der Waals surface area contributed by atoms with Gasteiger partial charge in [0.15, 0.2) is 0 Å². The summed E-state index contributed by atoms with van der Waals surface area (Å²) in [5.41, 5.74) is 5.05. The second-order valence-corrected chi connectivity index (χ2v) is 7.53. The number of piperazine rings is 1. The summed E-state index contributed by atoms with van der Waals surface area (Å²) < 4.78 is 2.25. The third-order valence-corrected chi connectivity index (χ3v) is 5.76. The summed E-state index contributed by atoms with van der Waals surface area (Å²) in [4.78, 5) is 9.52. The molecule has 1 fully saturated rings. The molecule has 1 unspecified atom stereocenters. The van der Waals surface area contributed by atoms with Crippen molar-refractivity contribution >= 4 is 11.4 Å². The number of para-hydroxylation sites is 1. The Kier molecular flexibility index (Phi) is 4.09. The van der Waals surface area contributed by atoms with Gasteiger partial charge in [0.2, 0.25) is 0 Å². The zero-order valence-electron chi connectivity index (χ0n) is 15.7.